The molecule has 0 aliphatic heterocycles. The van der Waals surface area contributed by atoms with E-state index < -0.39 is 0 Å². The van der Waals surface area contributed by atoms with Crippen LogP contribution in [0, 0.1) is 0 Å². The first-order valence-electron chi connectivity index (χ1n) is 18.9. The summed E-state index contributed by atoms with van der Waals surface area (Å²) in [5.74, 6) is 0.515. The molecule has 0 fully saturated rings. The fraction of sp³-hybridized carbons (Fsp3) is 0.0625. The number of aromatic hydroxyl groups is 2. The van der Waals surface area contributed by atoms with E-state index in [-0.39, 0.29) is 16.9 Å². The molecule has 0 saturated heterocycles. The Morgan fingerprint density at radius 1 is 0.509 bits per heavy atom. The number of benzene rings is 8. The van der Waals surface area contributed by atoms with Crippen molar-refractivity contribution in [3.63, 3.8) is 0 Å². The van der Waals surface area contributed by atoms with Gasteiger partial charge in [0.05, 0.1) is 16.7 Å². The summed E-state index contributed by atoms with van der Waals surface area (Å²) in [5.41, 5.74) is 15.6. The Balaban J connectivity index is 1.27. The average molecular weight is 706 g/mol. The summed E-state index contributed by atoms with van der Waals surface area (Å²) in [7, 11) is 5.69. The normalized spacial score (nSPS) is 13.1. The molecule has 1 aliphatic rings. The van der Waals surface area contributed by atoms with Gasteiger partial charge in [-0.25, -0.2) is 4.98 Å². The third kappa shape index (κ3) is 4.66. The highest BCUT2D eigenvalue weighted by Crippen LogP contribution is 2.51. The number of aromatic nitrogens is 2. The first kappa shape index (κ1) is 33.1. The van der Waals surface area contributed by atoms with Crippen molar-refractivity contribution in [2.24, 2.45) is 0 Å². The fourth-order valence-corrected chi connectivity index (χ4v) is 9.36. The smallest absolute Gasteiger partial charge is 0.150 e. The van der Waals surface area contributed by atoms with Gasteiger partial charge in [0.1, 0.15) is 35.1 Å². The second kappa shape index (κ2) is 12.0. The van der Waals surface area contributed by atoms with E-state index in [4.69, 9.17) is 4.98 Å². The van der Waals surface area contributed by atoms with Crippen LogP contribution >= 0.6 is 0 Å². The summed E-state index contributed by atoms with van der Waals surface area (Å²) < 4.78 is 2.23. The van der Waals surface area contributed by atoms with Gasteiger partial charge in [-0.1, -0.05) is 135 Å². The molecule has 0 unspecified atom stereocenters. The summed E-state index contributed by atoms with van der Waals surface area (Å²) in [6, 6.07) is 50.3. The van der Waals surface area contributed by atoms with E-state index in [9.17, 15) is 10.2 Å². The Morgan fingerprint density at radius 2 is 1.05 bits per heavy atom. The SMILES string of the molecule is Bc1c(B)c(-c2nc3ccccc3n2-c2ccccc2-c2c3ccccc3c(-c3ccc4c(c3)C(C)(C)c3ccccc3-4)c3ccccc23)c(B)c(O)c1O. The molecule has 0 amide bonds. The van der Waals surface area contributed by atoms with Gasteiger partial charge in [0.25, 0.3) is 0 Å². The molecule has 7 heteroatoms. The van der Waals surface area contributed by atoms with Crippen LogP contribution in [0.3, 0.4) is 0 Å². The number of hydrogen-bond donors (Lipinski definition) is 2. The van der Waals surface area contributed by atoms with Crippen molar-refractivity contribution < 1.29 is 10.2 Å². The zero-order chi connectivity index (χ0) is 37.7. The Morgan fingerprint density at radius 3 is 1.76 bits per heavy atom. The molecule has 0 bridgehead atoms. The molecule has 10 rings (SSSR count). The Bertz CT molecular complexity index is 3000. The van der Waals surface area contributed by atoms with Crippen LogP contribution in [0.25, 0.3) is 83.0 Å². The predicted molar refractivity (Wildman–Crippen MR) is 238 cm³/mol. The molecule has 1 aliphatic carbocycles. The summed E-state index contributed by atoms with van der Waals surface area (Å²) >= 11 is 0. The first-order valence-corrected chi connectivity index (χ1v) is 18.9. The zero-order valence-electron chi connectivity index (χ0n) is 31.6. The van der Waals surface area contributed by atoms with Gasteiger partial charge < -0.3 is 10.2 Å². The van der Waals surface area contributed by atoms with Gasteiger partial charge in [0.2, 0.25) is 0 Å². The van der Waals surface area contributed by atoms with E-state index in [2.05, 4.69) is 140 Å². The molecule has 1 aromatic heterocycles. The monoisotopic (exact) mass is 706 g/mol. The lowest BCUT2D eigenvalue weighted by Gasteiger charge is -2.23. The number of fused-ring (bicyclic) bond motifs is 6. The minimum Gasteiger partial charge on any atom is -0.505 e. The largest absolute Gasteiger partial charge is 0.505 e. The van der Waals surface area contributed by atoms with Crippen molar-refractivity contribution in [3.05, 3.63) is 151 Å². The van der Waals surface area contributed by atoms with Crippen LogP contribution in [0.2, 0.25) is 0 Å². The number of rotatable bonds is 4. The van der Waals surface area contributed by atoms with Gasteiger partial charge in [-0.05, 0) is 95.7 Å². The lowest BCUT2D eigenvalue weighted by Crippen LogP contribution is -2.34. The summed E-state index contributed by atoms with van der Waals surface area (Å²) in [4.78, 5) is 5.23. The van der Waals surface area contributed by atoms with Crippen molar-refractivity contribution in [3.8, 4) is 62.0 Å². The summed E-state index contributed by atoms with van der Waals surface area (Å²) in [5, 5.41) is 26.6. The van der Waals surface area contributed by atoms with Crippen molar-refractivity contribution in [2.75, 3.05) is 0 Å². The maximum Gasteiger partial charge on any atom is 0.150 e. The van der Waals surface area contributed by atoms with Gasteiger partial charge in [-0.3, -0.25) is 4.57 Å². The quantitative estimate of drug-likeness (QED) is 0.120. The third-order valence-corrected chi connectivity index (χ3v) is 12.2. The van der Waals surface area contributed by atoms with E-state index in [0.29, 0.717) is 16.8 Å². The standard InChI is InChI=1S/C48H37B3N2O2/c1-48(2)34-19-9-7-13-27(34)28-24-23-26(25-35(28)48)39-29-14-3-5-16-31(29)40(32-17-6-4-15-30(32)39)33-18-8-11-21-37(33)53-38-22-12-10-20-36(38)52-47(53)41-42(49)44(51)46(55)45(54)43(41)50/h3-25,54-55H,49-51H2,1-2H3. The summed E-state index contributed by atoms with van der Waals surface area (Å²) in [6.07, 6.45) is 0. The van der Waals surface area contributed by atoms with Crippen LogP contribution in [-0.2, 0) is 5.41 Å². The van der Waals surface area contributed by atoms with Crippen molar-refractivity contribution in [1.29, 1.82) is 0 Å². The maximum atomic E-state index is 11.1. The molecule has 0 atom stereocenters. The average Bonchev–Trinajstić information content (AvgIpc) is 3.70. The Hall–Kier alpha value is -6.46. The molecule has 4 nitrogen and oxygen atoms in total. The number of phenols is 2. The number of nitrogens with zero attached hydrogens (tertiary/aromatic N) is 2. The van der Waals surface area contributed by atoms with Crippen LogP contribution in [0.1, 0.15) is 25.0 Å². The molecule has 9 aromatic rings. The second-order valence-electron chi connectivity index (χ2n) is 15.5. The number of imidazole rings is 1. The van der Waals surface area contributed by atoms with Gasteiger partial charge in [-0.15, -0.1) is 0 Å². The molecular formula is C48H37B3N2O2. The fourth-order valence-electron chi connectivity index (χ4n) is 9.36. The highest BCUT2D eigenvalue weighted by molar-refractivity contribution is 6.55. The molecular weight excluding hydrogens is 669 g/mol. The van der Waals surface area contributed by atoms with Gasteiger partial charge in [-0.2, -0.15) is 0 Å². The number of para-hydroxylation sites is 3. The van der Waals surface area contributed by atoms with E-state index in [1.54, 1.807) is 0 Å². The Kier molecular flexibility index (Phi) is 7.25. The highest BCUT2D eigenvalue weighted by Gasteiger charge is 2.35. The van der Waals surface area contributed by atoms with Crippen molar-refractivity contribution >= 4 is 72.5 Å². The van der Waals surface area contributed by atoms with E-state index in [1.807, 2.05) is 41.7 Å². The minimum absolute atomic E-state index is 0.0867. The topological polar surface area (TPSA) is 58.3 Å². The third-order valence-electron chi connectivity index (χ3n) is 12.2. The molecule has 2 N–H and O–H groups in total. The molecule has 0 saturated carbocycles. The lowest BCUT2D eigenvalue weighted by atomic mass is 9.71. The zero-order valence-corrected chi connectivity index (χ0v) is 31.6. The van der Waals surface area contributed by atoms with Gasteiger partial charge >= 0.3 is 0 Å². The predicted octanol–water partition coefficient (Wildman–Crippen LogP) is 6.83. The number of phenolic OH excluding ortho intramolecular Hbond substituents is 2. The van der Waals surface area contributed by atoms with Crippen molar-refractivity contribution in [2.45, 2.75) is 19.3 Å². The highest BCUT2D eigenvalue weighted by atomic mass is 16.3. The van der Waals surface area contributed by atoms with E-state index in [1.165, 1.54) is 54.9 Å². The van der Waals surface area contributed by atoms with E-state index in [0.717, 1.165) is 38.9 Å². The Labute approximate surface area is 323 Å². The van der Waals surface area contributed by atoms with Crippen LogP contribution in [0.4, 0.5) is 0 Å². The molecule has 0 radical (unpaired) electrons. The molecule has 8 aromatic carbocycles. The first-order chi connectivity index (χ1) is 26.7. The van der Waals surface area contributed by atoms with Gasteiger partial charge in [0.15, 0.2) is 5.75 Å². The van der Waals surface area contributed by atoms with E-state index >= 15 is 0 Å². The van der Waals surface area contributed by atoms with Crippen molar-refractivity contribution in [1.82, 2.24) is 9.55 Å². The second-order valence-corrected chi connectivity index (χ2v) is 15.5. The minimum atomic E-state index is -0.114. The molecule has 55 heavy (non-hydrogen) atoms. The summed E-state index contributed by atoms with van der Waals surface area (Å²) in [6.45, 7) is 4.69. The number of hydrogen-bond acceptors (Lipinski definition) is 3. The molecule has 0 spiro atoms. The van der Waals surface area contributed by atoms with Crippen LogP contribution in [0.15, 0.2) is 140 Å². The lowest BCUT2D eigenvalue weighted by molar-refractivity contribution is 0.410. The van der Waals surface area contributed by atoms with Crippen LogP contribution in [-0.4, -0.2) is 43.3 Å². The van der Waals surface area contributed by atoms with Crippen LogP contribution < -0.4 is 16.4 Å². The van der Waals surface area contributed by atoms with Gasteiger partial charge in [0, 0.05) is 16.5 Å². The molecule has 1 heterocycles. The maximum absolute atomic E-state index is 11.1. The van der Waals surface area contributed by atoms with Crippen LogP contribution in [0.5, 0.6) is 11.5 Å². The molecule has 260 valence electrons.